The lowest BCUT2D eigenvalue weighted by molar-refractivity contribution is 0.798. The molecule has 0 saturated heterocycles. The summed E-state index contributed by atoms with van der Waals surface area (Å²) in [4.78, 5) is 9.03. The van der Waals surface area contributed by atoms with Crippen molar-refractivity contribution in [3.63, 3.8) is 0 Å². The van der Waals surface area contributed by atoms with Crippen LogP contribution in [0.2, 0.25) is 0 Å². The van der Waals surface area contributed by atoms with Crippen molar-refractivity contribution >= 4 is 21.9 Å². The predicted molar refractivity (Wildman–Crippen MR) is 149 cm³/mol. The molecule has 0 aliphatic heterocycles. The molecule has 0 amide bonds. The van der Waals surface area contributed by atoms with E-state index in [0.717, 1.165) is 28.3 Å². The van der Waals surface area contributed by atoms with Crippen molar-refractivity contribution in [2.24, 2.45) is 0 Å². The number of allylic oxidation sites excluding steroid dienone is 4. The Bertz CT molecular complexity index is 1760. The van der Waals surface area contributed by atoms with E-state index in [1.165, 1.54) is 44.2 Å². The topological polar surface area (TPSA) is 56.5 Å². The Labute approximate surface area is 216 Å². The fourth-order valence-corrected chi connectivity index (χ4v) is 6.08. The van der Waals surface area contributed by atoms with Gasteiger partial charge in [-0.15, -0.1) is 5.10 Å². The Hall–Kier alpha value is -4.38. The molecule has 0 fully saturated rings. The number of benzene rings is 2. The molecule has 2 aliphatic rings. The molecule has 5 heteroatoms. The van der Waals surface area contributed by atoms with E-state index in [2.05, 4.69) is 78.3 Å². The summed E-state index contributed by atoms with van der Waals surface area (Å²) in [5.41, 5.74) is 12.5. The summed E-state index contributed by atoms with van der Waals surface area (Å²) in [6.07, 6.45) is 10.4. The Morgan fingerprint density at radius 1 is 0.757 bits per heavy atom. The molecule has 2 aliphatic carbocycles. The van der Waals surface area contributed by atoms with Crippen molar-refractivity contribution in [1.29, 1.82) is 0 Å². The lowest BCUT2D eigenvalue weighted by Gasteiger charge is -2.30. The molecule has 7 rings (SSSR count). The first-order valence-electron chi connectivity index (χ1n) is 12.8. The van der Waals surface area contributed by atoms with Gasteiger partial charge in [0.1, 0.15) is 5.69 Å². The van der Waals surface area contributed by atoms with Gasteiger partial charge in [-0.3, -0.25) is 9.97 Å². The van der Waals surface area contributed by atoms with Crippen molar-refractivity contribution in [3.05, 3.63) is 102 Å². The highest BCUT2D eigenvalue weighted by Gasteiger charge is 2.28. The second kappa shape index (κ2) is 8.07. The van der Waals surface area contributed by atoms with Crippen molar-refractivity contribution in [2.75, 3.05) is 0 Å². The summed E-state index contributed by atoms with van der Waals surface area (Å²) >= 11 is 0. The quantitative estimate of drug-likeness (QED) is 0.266. The van der Waals surface area contributed by atoms with E-state index >= 15 is 0 Å². The summed E-state index contributed by atoms with van der Waals surface area (Å²) < 4.78 is 1.94. The van der Waals surface area contributed by atoms with Crippen LogP contribution in [0.4, 0.5) is 0 Å². The SMILES string of the molecule is CC1=CC(C)c2cc(-n3cc(-c4ccc(-c5ccccn5)nc4)nn3)c3c4c(ccc1c24)C(C)C=C3C. The monoisotopic (exact) mass is 481 g/mol. The molecule has 2 atom stereocenters. The van der Waals surface area contributed by atoms with Gasteiger partial charge in [-0.25, -0.2) is 4.68 Å². The highest BCUT2D eigenvalue weighted by atomic mass is 15.4. The number of rotatable bonds is 3. The molecule has 0 saturated carbocycles. The van der Waals surface area contributed by atoms with E-state index in [1.54, 1.807) is 6.20 Å². The molecule has 5 aromatic rings. The second-order valence-corrected chi connectivity index (χ2v) is 10.3. The van der Waals surface area contributed by atoms with E-state index in [9.17, 15) is 0 Å². The maximum atomic E-state index is 4.63. The molecule has 5 nitrogen and oxygen atoms in total. The number of hydrogen-bond donors (Lipinski definition) is 0. The molecule has 0 bridgehead atoms. The van der Waals surface area contributed by atoms with Gasteiger partial charge in [-0.2, -0.15) is 0 Å². The zero-order valence-electron chi connectivity index (χ0n) is 21.4. The van der Waals surface area contributed by atoms with Crippen LogP contribution in [0.25, 0.3) is 50.3 Å². The van der Waals surface area contributed by atoms with Crippen LogP contribution in [-0.4, -0.2) is 25.0 Å². The minimum Gasteiger partial charge on any atom is -0.255 e. The minimum atomic E-state index is 0.336. The lowest BCUT2D eigenvalue weighted by Crippen LogP contribution is -2.12. The third-order valence-corrected chi connectivity index (χ3v) is 7.85. The van der Waals surface area contributed by atoms with Crippen molar-refractivity contribution in [3.8, 4) is 28.3 Å². The second-order valence-electron chi connectivity index (χ2n) is 10.3. The highest BCUT2D eigenvalue weighted by Crippen LogP contribution is 2.48. The predicted octanol–water partition coefficient (Wildman–Crippen LogP) is 7.59. The number of nitrogens with zero attached hydrogens (tertiary/aromatic N) is 5. The van der Waals surface area contributed by atoms with Crippen LogP contribution >= 0.6 is 0 Å². The molecule has 0 spiro atoms. The zero-order chi connectivity index (χ0) is 25.3. The first-order valence-corrected chi connectivity index (χ1v) is 12.8. The minimum absolute atomic E-state index is 0.336. The zero-order valence-corrected chi connectivity index (χ0v) is 21.4. The Morgan fingerprint density at radius 2 is 1.57 bits per heavy atom. The van der Waals surface area contributed by atoms with Gasteiger partial charge in [0, 0.05) is 35.4 Å². The first-order chi connectivity index (χ1) is 18.0. The average molecular weight is 482 g/mol. The standard InChI is InChI=1S/C32H27N5/c1-18-13-20(3)25-15-29(30-21(4)14-19(2)24-10-9-23(18)31(25)32(24)30)37-17-28(35-36-37)22-8-11-27(34-16-22)26-7-5-6-12-33-26/h5-17,19-20H,1-4H3. The summed E-state index contributed by atoms with van der Waals surface area (Å²) in [5.74, 6) is 0.713. The molecule has 0 radical (unpaired) electrons. The van der Waals surface area contributed by atoms with Crippen LogP contribution in [0.15, 0.2) is 79.3 Å². The van der Waals surface area contributed by atoms with Crippen LogP contribution in [0, 0.1) is 0 Å². The molecule has 3 heterocycles. The number of aromatic nitrogens is 5. The van der Waals surface area contributed by atoms with Crippen LogP contribution in [0.1, 0.15) is 61.8 Å². The smallest absolute Gasteiger partial charge is 0.115 e. The van der Waals surface area contributed by atoms with E-state index < -0.39 is 0 Å². The maximum absolute atomic E-state index is 4.63. The van der Waals surface area contributed by atoms with Crippen LogP contribution in [-0.2, 0) is 0 Å². The molecule has 180 valence electrons. The van der Waals surface area contributed by atoms with Crippen LogP contribution in [0.5, 0.6) is 0 Å². The fourth-order valence-electron chi connectivity index (χ4n) is 6.08. The Morgan fingerprint density at radius 3 is 2.35 bits per heavy atom. The molecular formula is C32H27N5. The first kappa shape index (κ1) is 21.9. The molecule has 37 heavy (non-hydrogen) atoms. The lowest BCUT2D eigenvalue weighted by atomic mass is 9.75. The molecule has 2 unspecified atom stereocenters. The Balaban J connectivity index is 1.38. The van der Waals surface area contributed by atoms with Crippen molar-refractivity contribution in [2.45, 2.75) is 39.5 Å². The van der Waals surface area contributed by atoms with Gasteiger partial charge in [0.15, 0.2) is 0 Å². The summed E-state index contributed by atoms with van der Waals surface area (Å²) in [7, 11) is 0. The third kappa shape index (κ3) is 3.30. The fraction of sp³-hybridized carbons (Fsp3) is 0.188. The van der Waals surface area contributed by atoms with E-state index in [4.69, 9.17) is 0 Å². The normalized spacial score (nSPS) is 18.1. The summed E-state index contributed by atoms with van der Waals surface area (Å²) in [5, 5.41) is 11.9. The molecule has 2 aromatic carbocycles. The van der Waals surface area contributed by atoms with Gasteiger partial charge in [-0.05, 0) is 82.8 Å². The number of hydrogen-bond acceptors (Lipinski definition) is 4. The average Bonchev–Trinajstić information content (AvgIpc) is 3.41. The van der Waals surface area contributed by atoms with Gasteiger partial charge in [0.25, 0.3) is 0 Å². The van der Waals surface area contributed by atoms with E-state index in [0.29, 0.717) is 11.8 Å². The van der Waals surface area contributed by atoms with Gasteiger partial charge in [-0.1, -0.05) is 49.4 Å². The van der Waals surface area contributed by atoms with Crippen molar-refractivity contribution < 1.29 is 0 Å². The Kier molecular flexibility index (Phi) is 4.77. The largest absolute Gasteiger partial charge is 0.255 e. The maximum Gasteiger partial charge on any atom is 0.115 e. The van der Waals surface area contributed by atoms with E-state index in [1.807, 2.05) is 47.4 Å². The van der Waals surface area contributed by atoms with Gasteiger partial charge in [0.05, 0.1) is 23.3 Å². The molecular weight excluding hydrogens is 454 g/mol. The van der Waals surface area contributed by atoms with Gasteiger partial charge >= 0.3 is 0 Å². The van der Waals surface area contributed by atoms with Crippen molar-refractivity contribution in [1.82, 2.24) is 25.0 Å². The third-order valence-electron chi connectivity index (χ3n) is 7.85. The number of pyridine rings is 2. The van der Waals surface area contributed by atoms with Gasteiger partial charge in [0.2, 0.25) is 0 Å². The summed E-state index contributed by atoms with van der Waals surface area (Å²) in [6, 6.07) is 16.8. The molecule has 3 aromatic heterocycles. The molecule has 0 N–H and O–H groups in total. The summed E-state index contributed by atoms with van der Waals surface area (Å²) in [6.45, 7) is 9.04. The van der Waals surface area contributed by atoms with Gasteiger partial charge < -0.3 is 0 Å². The van der Waals surface area contributed by atoms with Crippen LogP contribution in [0.3, 0.4) is 0 Å². The highest BCUT2D eigenvalue weighted by molar-refractivity contribution is 6.08. The van der Waals surface area contributed by atoms with Crippen LogP contribution < -0.4 is 0 Å². The van der Waals surface area contributed by atoms with E-state index in [-0.39, 0.29) is 0 Å².